The highest BCUT2D eigenvalue weighted by atomic mass is 16.5. The third-order valence-corrected chi connectivity index (χ3v) is 13.5. The van der Waals surface area contributed by atoms with Crippen molar-refractivity contribution >= 4 is 22.7 Å². The van der Waals surface area contributed by atoms with E-state index in [9.17, 15) is 0 Å². The van der Waals surface area contributed by atoms with Gasteiger partial charge in [-0.3, -0.25) is 0 Å². The SMILES string of the molecule is C=C1/C=C\C=C/OC2=C(/C=C\C1=C)C(C)(C)c1cc(N(C3=CC=C(c4cccc5c4Cc4ccccc4-5)CC3)c3ccc(-c4cccc5c4Cc4ccccc4-5)cc3)ccc12. The van der Waals surface area contributed by atoms with Gasteiger partial charge in [-0.15, -0.1) is 0 Å². The van der Waals surface area contributed by atoms with Gasteiger partial charge in [0.2, 0.25) is 0 Å². The number of fused-ring (bicyclic) bond motifs is 8. The summed E-state index contributed by atoms with van der Waals surface area (Å²) < 4.78 is 6.45. The van der Waals surface area contributed by atoms with E-state index in [-0.39, 0.29) is 5.41 Å². The maximum absolute atomic E-state index is 6.45. The number of rotatable bonds is 5. The van der Waals surface area contributed by atoms with Crippen LogP contribution in [0.15, 0.2) is 212 Å². The van der Waals surface area contributed by atoms with Crippen LogP contribution in [0.25, 0.3) is 44.7 Å². The highest BCUT2D eigenvalue weighted by Crippen LogP contribution is 2.51. The number of nitrogens with zero attached hydrogens (tertiary/aromatic N) is 1. The Kier molecular flexibility index (Phi) is 8.79. The third-order valence-electron chi connectivity index (χ3n) is 13.5. The minimum absolute atomic E-state index is 0.325. The summed E-state index contributed by atoms with van der Waals surface area (Å²) in [6.07, 6.45) is 20.4. The lowest BCUT2D eigenvalue weighted by Crippen LogP contribution is -2.20. The van der Waals surface area contributed by atoms with Crippen molar-refractivity contribution in [2.24, 2.45) is 0 Å². The summed E-state index contributed by atoms with van der Waals surface area (Å²) in [4.78, 5) is 2.48. The average molecular weight is 786 g/mol. The van der Waals surface area contributed by atoms with Crippen LogP contribution < -0.4 is 4.90 Å². The molecule has 294 valence electrons. The Bertz CT molecular complexity index is 3050. The fraction of sp³-hybridized carbons (Fsp3) is 0.119. The van der Waals surface area contributed by atoms with Crippen molar-refractivity contribution in [2.75, 3.05) is 4.90 Å². The number of allylic oxidation sites excluding steroid dienone is 12. The van der Waals surface area contributed by atoms with Gasteiger partial charge in [-0.05, 0) is 152 Å². The summed E-state index contributed by atoms with van der Waals surface area (Å²) in [7, 11) is 0. The second-order valence-electron chi connectivity index (χ2n) is 17.4. The summed E-state index contributed by atoms with van der Waals surface area (Å²) in [6.45, 7) is 13.1. The van der Waals surface area contributed by atoms with Crippen molar-refractivity contribution in [3.63, 3.8) is 0 Å². The van der Waals surface area contributed by atoms with Gasteiger partial charge >= 0.3 is 0 Å². The molecule has 0 amide bonds. The lowest BCUT2D eigenvalue weighted by Gasteiger charge is -2.32. The Morgan fingerprint density at radius 2 is 1.16 bits per heavy atom. The van der Waals surface area contributed by atoms with E-state index in [4.69, 9.17) is 4.74 Å². The molecule has 6 aromatic carbocycles. The van der Waals surface area contributed by atoms with E-state index in [0.717, 1.165) is 65.1 Å². The van der Waals surface area contributed by atoms with Crippen LogP contribution in [0.2, 0.25) is 0 Å². The van der Waals surface area contributed by atoms with Crippen molar-refractivity contribution in [3.05, 3.63) is 251 Å². The molecule has 0 radical (unpaired) electrons. The Balaban J connectivity index is 0.997. The smallest absolute Gasteiger partial charge is 0.138 e. The predicted octanol–water partition coefficient (Wildman–Crippen LogP) is 15.2. The largest absolute Gasteiger partial charge is 0.464 e. The molecule has 2 nitrogen and oxygen atoms in total. The minimum Gasteiger partial charge on any atom is -0.464 e. The topological polar surface area (TPSA) is 12.5 Å². The first-order valence-corrected chi connectivity index (χ1v) is 21.5. The molecule has 0 N–H and O–H groups in total. The zero-order valence-electron chi connectivity index (χ0n) is 34.8. The van der Waals surface area contributed by atoms with E-state index in [1.807, 2.05) is 18.2 Å². The standard InChI is InChI=1S/C59H47NO/c1-38-13-9-10-34-61-58-53-32-31-46(37-57(53)59(3,4)56(58)33-22-39(38)2)60(44-27-23-40(24-28-44)47-18-11-20-51-49-16-7-5-14-42(49)35-54(47)51)45-29-25-41(26-30-45)48-19-12-21-52-50-17-8-6-15-43(50)36-55(48)52/h5-25,27-29,31-34,37H,1-2,26,30,35-36H2,3-4H3/b13-9-,33-22-,34-10-. The van der Waals surface area contributed by atoms with Crippen LogP contribution >= 0.6 is 0 Å². The molecule has 4 aliphatic carbocycles. The number of hydrogen-bond donors (Lipinski definition) is 0. The van der Waals surface area contributed by atoms with E-state index < -0.39 is 0 Å². The zero-order chi connectivity index (χ0) is 41.2. The van der Waals surface area contributed by atoms with Crippen molar-refractivity contribution in [1.29, 1.82) is 0 Å². The van der Waals surface area contributed by atoms with Crippen LogP contribution in [0.4, 0.5) is 11.4 Å². The zero-order valence-corrected chi connectivity index (χ0v) is 34.8. The molecule has 6 aromatic rings. The van der Waals surface area contributed by atoms with Gasteiger partial charge in [-0.2, -0.15) is 0 Å². The highest BCUT2D eigenvalue weighted by Gasteiger charge is 2.39. The van der Waals surface area contributed by atoms with E-state index in [0.29, 0.717) is 0 Å². The fourth-order valence-electron chi connectivity index (χ4n) is 10.3. The van der Waals surface area contributed by atoms with Gasteiger partial charge in [0.25, 0.3) is 0 Å². The Hall–Kier alpha value is -7.16. The van der Waals surface area contributed by atoms with E-state index in [1.54, 1.807) is 6.26 Å². The summed E-state index contributed by atoms with van der Waals surface area (Å²) in [6, 6.07) is 47.5. The summed E-state index contributed by atoms with van der Waals surface area (Å²) in [5, 5.41) is 0. The van der Waals surface area contributed by atoms with Gasteiger partial charge in [-0.25, -0.2) is 0 Å². The molecule has 0 unspecified atom stereocenters. The normalized spacial score (nSPS) is 18.3. The number of benzene rings is 6. The van der Waals surface area contributed by atoms with Crippen molar-refractivity contribution < 1.29 is 4.74 Å². The lowest BCUT2D eigenvalue weighted by molar-refractivity contribution is 0.433. The van der Waals surface area contributed by atoms with Crippen LogP contribution in [0.3, 0.4) is 0 Å². The molecule has 0 fully saturated rings. The molecule has 1 heterocycles. The quantitative estimate of drug-likeness (QED) is 0.172. The molecule has 0 saturated heterocycles. The molecule has 0 saturated carbocycles. The molecule has 2 heteroatoms. The molecule has 0 spiro atoms. The first kappa shape index (κ1) is 36.9. The van der Waals surface area contributed by atoms with Crippen molar-refractivity contribution in [1.82, 2.24) is 0 Å². The second-order valence-corrected chi connectivity index (χ2v) is 17.4. The Labute approximate surface area is 359 Å². The molecule has 61 heavy (non-hydrogen) atoms. The van der Waals surface area contributed by atoms with Gasteiger partial charge in [0.1, 0.15) is 5.76 Å². The monoisotopic (exact) mass is 785 g/mol. The van der Waals surface area contributed by atoms with Crippen LogP contribution in [0.5, 0.6) is 0 Å². The molecule has 0 atom stereocenters. The molecular weight excluding hydrogens is 739 g/mol. The molecule has 0 bridgehead atoms. The number of anilines is 2. The first-order valence-electron chi connectivity index (χ1n) is 21.5. The van der Waals surface area contributed by atoms with Crippen molar-refractivity contribution in [2.45, 2.75) is 44.9 Å². The lowest BCUT2D eigenvalue weighted by atomic mass is 9.80. The van der Waals surface area contributed by atoms with Crippen molar-refractivity contribution in [3.8, 4) is 33.4 Å². The molecule has 11 rings (SSSR count). The maximum atomic E-state index is 6.45. The van der Waals surface area contributed by atoms with Gasteiger partial charge in [0.05, 0.1) is 6.26 Å². The first-order chi connectivity index (χ1) is 29.8. The van der Waals surface area contributed by atoms with Crippen LogP contribution in [-0.2, 0) is 23.0 Å². The second kappa shape index (κ2) is 14.5. The minimum atomic E-state index is -0.325. The van der Waals surface area contributed by atoms with Gasteiger partial charge in [0, 0.05) is 33.6 Å². The molecule has 5 aliphatic rings. The van der Waals surface area contributed by atoms with Gasteiger partial charge in [-0.1, -0.05) is 154 Å². The maximum Gasteiger partial charge on any atom is 0.138 e. The average Bonchev–Trinajstić information content (AvgIpc) is 3.93. The summed E-state index contributed by atoms with van der Waals surface area (Å²) >= 11 is 0. The fourth-order valence-corrected chi connectivity index (χ4v) is 10.3. The molecule has 0 aromatic heterocycles. The van der Waals surface area contributed by atoms with Crippen LogP contribution in [-0.4, -0.2) is 0 Å². The summed E-state index contributed by atoms with van der Waals surface area (Å²) in [5.41, 5.74) is 24.9. The van der Waals surface area contributed by atoms with Gasteiger partial charge in [0.15, 0.2) is 0 Å². The number of ether oxygens (including phenoxy) is 1. The predicted molar refractivity (Wildman–Crippen MR) is 255 cm³/mol. The highest BCUT2D eigenvalue weighted by molar-refractivity contribution is 5.88. The Morgan fingerprint density at radius 1 is 0.541 bits per heavy atom. The summed E-state index contributed by atoms with van der Waals surface area (Å²) in [5.74, 6) is 0.878. The van der Waals surface area contributed by atoms with Gasteiger partial charge < -0.3 is 9.64 Å². The van der Waals surface area contributed by atoms with Crippen LogP contribution in [0, 0.1) is 0 Å². The van der Waals surface area contributed by atoms with Crippen LogP contribution in [0.1, 0.15) is 65.6 Å². The molecular formula is C59H47NO. The number of hydrogen-bond acceptors (Lipinski definition) is 2. The van der Waals surface area contributed by atoms with E-state index in [2.05, 4.69) is 184 Å². The van der Waals surface area contributed by atoms with E-state index in [1.165, 1.54) is 78.0 Å². The molecule has 1 aliphatic heterocycles. The third kappa shape index (κ3) is 6.17. The Morgan fingerprint density at radius 3 is 1.87 bits per heavy atom. The van der Waals surface area contributed by atoms with E-state index >= 15 is 0 Å².